The monoisotopic (exact) mass is 281 g/mol. The van der Waals surface area contributed by atoms with E-state index in [4.69, 9.17) is 4.74 Å². The number of hydrogen-bond acceptors (Lipinski definition) is 4. The van der Waals surface area contributed by atoms with Gasteiger partial charge in [-0.05, 0) is 27.7 Å². The lowest BCUT2D eigenvalue weighted by molar-refractivity contribution is 0.0117. The van der Waals surface area contributed by atoms with Gasteiger partial charge in [-0.3, -0.25) is 9.58 Å². The molecule has 7 heteroatoms. The fourth-order valence-corrected chi connectivity index (χ4v) is 2.29. The smallest absolute Gasteiger partial charge is 0.410 e. The first-order valence-corrected chi connectivity index (χ1v) is 6.49. The van der Waals surface area contributed by atoms with E-state index in [-0.39, 0.29) is 11.6 Å². The molecule has 1 amide bonds. The Labute approximate surface area is 117 Å². The molecule has 0 radical (unpaired) electrons. The Morgan fingerprint density at radius 2 is 2.05 bits per heavy atom. The first-order chi connectivity index (χ1) is 9.20. The van der Waals surface area contributed by atoms with Gasteiger partial charge in [-0.25, -0.2) is 9.59 Å². The van der Waals surface area contributed by atoms with Crippen LogP contribution >= 0.6 is 0 Å². The molecule has 0 saturated carbocycles. The molecule has 1 unspecified atom stereocenters. The minimum atomic E-state index is -1.04. The molecule has 1 aliphatic rings. The van der Waals surface area contributed by atoms with Gasteiger partial charge in [-0.15, -0.1) is 0 Å². The second kappa shape index (κ2) is 4.81. The molecule has 1 atom stereocenters. The Bertz CT molecular complexity index is 544. The van der Waals surface area contributed by atoms with Gasteiger partial charge in [-0.2, -0.15) is 5.10 Å². The molecule has 0 bridgehead atoms. The third kappa shape index (κ3) is 2.61. The van der Waals surface area contributed by atoms with Crippen molar-refractivity contribution in [1.29, 1.82) is 0 Å². The van der Waals surface area contributed by atoms with Crippen LogP contribution in [0, 0.1) is 0 Å². The van der Waals surface area contributed by atoms with Crippen LogP contribution in [0.15, 0.2) is 6.20 Å². The van der Waals surface area contributed by atoms with Crippen LogP contribution in [0.2, 0.25) is 0 Å². The summed E-state index contributed by atoms with van der Waals surface area (Å²) in [6.07, 6.45) is 0.890. The van der Waals surface area contributed by atoms with Gasteiger partial charge < -0.3 is 9.84 Å². The number of nitrogens with zero attached hydrogens (tertiary/aromatic N) is 3. The van der Waals surface area contributed by atoms with E-state index in [9.17, 15) is 14.7 Å². The lowest BCUT2D eigenvalue weighted by Crippen LogP contribution is -2.44. The number of carboxylic acid groups (broad SMARTS) is 1. The summed E-state index contributed by atoms with van der Waals surface area (Å²) in [7, 11) is 0. The van der Waals surface area contributed by atoms with Gasteiger partial charge in [0.15, 0.2) is 0 Å². The predicted octanol–water partition coefficient (Wildman–Crippen LogP) is 1.89. The zero-order chi connectivity index (χ0) is 15.1. The molecule has 1 aromatic heterocycles. The van der Waals surface area contributed by atoms with E-state index in [0.717, 1.165) is 0 Å². The van der Waals surface area contributed by atoms with E-state index in [1.165, 1.54) is 11.1 Å². The Balaban J connectivity index is 2.27. The van der Waals surface area contributed by atoms with E-state index >= 15 is 0 Å². The number of aromatic carboxylic acids is 1. The first-order valence-electron chi connectivity index (χ1n) is 6.49. The highest BCUT2D eigenvalue weighted by molar-refractivity contribution is 5.89. The lowest BCUT2D eigenvalue weighted by atomic mass is 10.1. The molecule has 0 saturated heterocycles. The number of rotatable bonds is 1. The molecule has 110 valence electrons. The van der Waals surface area contributed by atoms with Crippen molar-refractivity contribution in [3.05, 3.63) is 17.5 Å². The normalized spacial score (nSPS) is 18.6. The Hall–Kier alpha value is -2.05. The molecule has 1 aromatic rings. The summed E-state index contributed by atoms with van der Waals surface area (Å²) in [6, 6.07) is -0.382. The summed E-state index contributed by atoms with van der Waals surface area (Å²) in [5.74, 6) is -1.04. The molecule has 0 spiro atoms. The average molecular weight is 281 g/mol. The number of carbonyl (C=O) groups excluding carboxylic acids is 1. The van der Waals surface area contributed by atoms with Crippen LogP contribution < -0.4 is 0 Å². The maximum absolute atomic E-state index is 12.2. The molecule has 0 aromatic carbocycles. The summed E-state index contributed by atoms with van der Waals surface area (Å²) in [6.45, 7) is 8.09. The number of hydrogen-bond donors (Lipinski definition) is 1. The van der Waals surface area contributed by atoms with Crippen molar-refractivity contribution in [1.82, 2.24) is 14.7 Å². The molecule has 0 fully saturated rings. The van der Waals surface area contributed by atoms with Gasteiger partial charge in [-0.1, -0.05) is 0 Å². The highest BCUT2D eigenvalue weighted by Gasteiger charge is 2.34. The first kappa shape index (κ1) is 14.4. The molecule has 0 aliphatic carbocycles. The third-order valence-electron chi connectivity index (χ3n) is 3.15. The summed E-state index contributed by atoms with van der Waals surface area (Å²) in [5.41, 5.74) is 0.0878. The third-order valence-corrected chi connectivity index (χ3v) is 3.15. The summed E-state index contributed by atoms with van der Waals surface area (Å²) >= 11 is 0. The van der Waals surface area contributed by atoms with Crippen LogP contribution in [0.5, 0.6) is 0 Å². The summed E-state index contributed by atoms with van der Waals surface area (Å²) in [4.78, 5) is 24.9. The van der Waals surface area contributed by atoms with Gasteiger partial charge in [0.05, 0.1) is 24.5 Å². The number of aromatic nitrogens is 2. The Morgan fingerprint density at radius 3 is 2.60 bits per heavy atom. The van der Waals surface area contributed by atoms with Crippen LogP contribution in [0.3, 0.4) is 0 Å². The van der Waals surface area contributed by atoms with Crippen molar-refractivity contribution < 1.29 is 19.4 Å². The topological polar surface area (TPSA) is 84.7 Å². The maximum Gasteiger partial charge on any atom is 0.410 e. The van der Waals surface area contributed by atoms with E-state index in [1.807, 2.05) is 0 Å². The molecular weight excluding hydrogens is 262 g/mol. The standard InChI is InChI=1S/C13H19N3O4/c1-8-10-9(11(17)18)7-14-16(10)6-5-15(8)12(19)20-13(2,3)4/h7-8H,5-6H2,1-4H3,(H,17,18). The molecule has 2 heterocycles. The lowest BCUT2D eigenvalue weighted by Gasteiger charge is -2.35. The van der Waals surface area contributed by atoms with Crippen molar-refractivity contribution in [3.8, 4) is 0 Å². The van der Waals surface area contributed by atoms with Crippen molar-refractivity contribution in [3.63, 3.8) is 0 Å². The van der Waals surface area contributed by atoms with Crippen LogP contribution in [-0.2, 0) is 11.3 Å². The van der Waals surface area contributed by atoms with Crippen molar-refractivity contribution >= 4 is 12.1 Å². The van der Waals surface area contributed by atoms with E-state index in [2.05, 4.69) is 5.10 Å². The molecule has 2 rings (SSSR count). The summed E-state index contributed by atoms with van der Waals surface area (Å²) in [5, 5.41) is 13.2. The molecule has 20 heavy (non-hydrogen) atoms. The molecule has 1 aliphatic heterocycles. The van der Waals surface area contributed by atoms with Crippen molar-refractivity contribution in [2.24, 2.45) is 0 Å². The quantitative estimate of drug-likeness (QED) is 0.849. The molecule has 7 nitrogen and oxygen atoms in total. The van der Waals surface area contributed by atoms with Crippen LogP contribution in [0.1, 0.15) is 49.8 Å². The maximum atomic E-state index is 12.2. The number of carboxylic acids is 1. The highest BCUT2D eigenvalue weighted by atomic mass is 16.6. The predicted molar refractivity (Wildman–Crippen MR) is 70.5 cm³/mol. The number of amides is 1. The fraction of sp³-hybridized carbons (Fsp3) is 0.615. The number of carbonyl (C=O) groups is 2. The van der Waals surface area contributed by atoms with Gasteiger partial charge in [0.1, 0.15) is 11.2 Å². The fourth-order valence-electron chi connectivity index (χ4n) is 2.29. The Morgan fingerprint density at radius 1 is 1.40 bits per heavy atom. The van der Waals surface area contributed by atoms with E-state index in [0.29, 0.717) is 18.8 Å². The van der Waals surface area contributed by atoms with Crippen LogP contribution in [0.4, 0.5) is 4.79 Å². The minimum absolute atomic E-state index is 0.130. The zero-order valence-electron chi connectivity index (χ0n) is 12.1. The zero-order valence-corrected chi connectivity index (χ0v) is 12.1. The summed E-state index contributed by atoms with van der Waals surface area (Å²) < 4.78 is 6.98. The van der Waals surface area contributed by atoms with Crippen molar-refractivity contribution in [2.45, 2.75) is 45.9 Å². The highest BCUT2D eigenvalue weighted by Crippen LogP contribution is 2.29. The van der Waals surface area contributed by atoms with E-state index in [1.54, 1.807) is 32.4 Å². The molecular formula is C13H19N3O4. The number of ether oxygens (including phenoxy) is 1. The SMILES string of the molecule is CC1c2c(C(=O)O)cnn2CCN1C(=O)OC(C)(C)C. The second-order valence-electron chi connectivity index (χ2n) is 5.82. The largest absolute Gasteiger partial charge is 0.478 e. The van der Waals surface area contributed by atoms with Gasteiger partial charge >= 0.3 is 12.1 Å². The number of fused-ring (bicyclic) bond motifs is 1. The second-order valence-corrected chi connectivity index (χ2v) is 5.82. The van der Waals surface area contributed by atoms with E-state index < -0.39 is 17.7 Å². The Kier molecular flexibility index (Phi) is 3.45. The van der Waals surface area contributed by atoms with Gasteiger partial charge in [0, 0.05) is 6.54 Å². The van der Waals surface area contributed by atoms with Crippen molar-refractivity contribution in [2.75, 3.05) is 6.54 Å². The van der Waals surface area contributed by atoms with Gasteiger partial charge in [0.2, 0.25) is 0 Å². The van der Waals surface area contributed by atoms with Gasteiger partial charge in [0.25, 0.3) is 0 Å². The average Bonchev–Trinajstić information content (AvgIpc) is 2.71. The van der Waals surface area contributed by atoms with Crippen LogP contribution in [-0.4, -0.2) is 44.0 Å². The van der Waals surface area contributed by atoms with Crippen LogP contribution in [0.25, 0.3) is 0 Å². The minimum Gasteiger partial charge on any atom is -0.478 e. The molecule has 1 N–H and O–H groups in total.